The van der Waals surface area contributed by atoms with Crippen LogP contribution in [0.1, 0.15) is 30.4 Å². The summed E-state index contributed by atoms with van der Waals surface area (Å²) in [7, 11) is 0. The second-order valence-electron chi connectivity index (χ2n) is 4.35. The lowest BCUT2D eigenvalue weighted by molar-refractivity contribution is -0.139. The maximum Gasteiger partial charge on any atom is 0.416 e. The molecule has 1 nitrogen and oxygen atoms in total. The molecule has 1 aliphatic carbocycles. The molecular weight excluding hydrogens is 217 g/mol. The van der Waals surface area contributed by atoms with Crippen LogP contribution in [-0.4, -0.2) is 11.2 Å². The molecule has 16 heavy (non-hydrogen) atoms. The molecule has 3 atom stereocenters. The second-order valence-corrected chi connectivity index (χ2v) is 4.35. The highest BCUT2D eigenvalue weighted by molar-refractivity contribution is 5.35. The van der Waals surface area contributed by atoms with Gasteiger partial charge in [-0.1, -0.05) is 25.1 Å². The molecule has 1 aromatic carbocycles. The van der Waals surface area contributed by atoms with Crippen LogP contribution in [0.2, 0.25) is 0 Å². The zero-order valence-corrected chi connectivity index (χ0v) is 8.83. The molecular formula is C12H13F3O. The SMILES string of the molecule is CC1C(O)CC1c1ccccc1C(F)(F)F. The Kier molecular flexibility index (Phi) is 2.70. The van der Waals surface area contributed by atoms with E-state index in [-0.39, 0.29) is 11.8 Å². The van der Waals surface area contributed by atoms with E-state index in [0.717, 1.165) is 6.07 Å². The molecule has 3 unspecified atom stereocenters. The zero-order valence-electron chi connectivity index (χ0n) is 8.83. The van der Waals surface area contributed by atoms with Gasteiger partial charge < -0.3 is 5.11 Å². The Balaban J connectivity index is 2.35. The van der Waals surface area contributed by atoms with Gasteiger partial charge in [-0.2, -0.15) is 13.2 Å². The highest BCUT2D eigenvalue weighted by Crippen LogP contribution is 2.46. The first-order chi connectivity index (χ1) is 7.41. The van der Waals surface area contributed by atoms with Crippen molar-refractivity contribution in [3.63, 3.8) is 0 Å². The standard InChI is InChI=1S/C12H13F3O/c1-7-9(6-11(7)16)8-4-2-3-5-10(8)12(13,14)15/h2-5,7,9,11,16H,6H2,1H3. The summed E-state index contributed by atoms with van der Waals surface area (Å²) in [5.74, 6) is -0.267. The molecule has 0 amide bonds. The average Bonchev–Trinajstić information content (AvgIpc) is 2.24. The van der Waals surface area contributed by atoms with E-state index in [2.05, 4.69) is 0 Å². The van der Waals surface area contributed by atoms with Crippen LogP contribution in [0.25, 0.3) is 0 Å². The first kappa shape index (κ1) is 11.5. The van der Waals surface area contributed by atoms with E-state index in [4.69, 9.17) is 0 Å². The molecule has 1 aliphatic rings. The monoisotopic (exact) mass is 230 g/mol. The van der Waals surface area contributed by atoms with Crippen molar-refractivity contribution in [3.05, 3.63) is 35.4 Å². The summed E-state index contributed by atoms with van der Waals surface area (Å²) in [5, 5.41) is 9.36. The summed E-state index contributed by atoms with van der Waals surface area (Å²) < 4.78 is 38.2. The van der Waals surface area contributed by atoms with Gasteiger partial charge in [-0.25, -0.2) is 0 Å². The third kappa shape index (κ3) is 1.82. The highest BCUT2D eigenvalue weighted by atomic mass is 19.4. The molecule has 0 saturated heterocycles. The fourth-order valence-electron chi connectivity index (χ4n) is 2.25. The second kappa shape index (κ2) is 3.77. The number of aliphatic hydroxyl groups excluding tert-OH is 1. The highest BCUT2D eigenvalue weighted by Gasteiger charge is 2.42. The van der Waals surface area contributed by atoms with Crippen molar-refractivity contribution in [2.75, 3.05) is 0 Å². The summed E-state index contributed by atoms with van der Waals surface area (Å²) in [6.07, 6.45) is -4.35. The topological polar surface area (TPSA) is 20.2 Å². The average molecular weight is 230 g/mol. The minimum atomic E-state index is -4.31. The van der Waals surface area contributed by atoms with Gasteiger partial charge >= 0.3 is 6.18 Å². The fraction of sp³-hybridized carbons (Fsp3) is 0.500. The molecule has 1 fully saturated rings. The lowest BCUT2D eigenvalue weighted by Crippen LogP contribution is -2.38. The predicted octanol–water partition coefficient (Wildman–Crippen LogP) is 3.19. The molecule has 0 radical (unpaired) electrons. The first-order valence-electron chi connectivity index (χ1n) is 5.25. The van der Waals surface area contributed by atoms with Gasteiger partial charge in [-0.15, -0.1) is 0 Å². The molecule has 0 aromatic heterocycles. The molecule has 1 saturated carbocycles. The van der Waals surface area contributed by atoms with Crippen LogP contribution in [0, 0.1) is 5.92 Å². The van der Waals surface area contributed by atoms with E-state index < -0.39 is 17.8 Å². The van der Waals surface area contributed by atoms with Gasteiger partial charge in [0.15, 0.2) is 0 Å². The Labute approximate surface area is 91.9 Å². The third-order valence-electron chi connectivity index (χ3n) is 3.40. The van der Waals surface area contributed by atoms with Crippen LogP contribution in [0.15, 0.2) is 24.3 Å². The molecule has 1 N–H and O–H groups in total. The maximum absolute atomic E-state index is 12.7. The maximum atomic E-state index is 12.7. The van der Waals surface area contributed by atoms with Gasteiger partial charge in [-0.3, -0.25) is 0 Å². The smallest absolute Gasteiger partial charge is 0.393 e. The van der Waals surface area contributed by atoms with Gasteiger partial charge in [0.05, 0.1) is 11.7 Å². The van der Waals surface area contributed by atoms with Crippen LogP contribution < -0.4 is 0 Å². The number of hydrogen-bond donors (Lipinski definition) is 1. The molecule has 0 spiro atoms. The van der Waals surface area contributed by atoms with Gasteiger partial charge in [0.1, 0.15) is 0 Å². The molecule has 0 heterocycles. The number of alkyl halides is 3. The summed E-state index contributed by atoms with van der Waals surface area (Å²) in [4.78, 5) is 0. The Hall–Kier alpha value is -1.03. The number of hydrogen-bond acceptors (Lipinski definition) is 1. The molecule has 1 aromatic rings. The summed E-state index contributed by atoms with van der Waals surface area (Å²) in [6.45, 7) is 1.78. The lowest BCUT2D eigenvalue weighted by atomic mass is 9.68. The number of rotatable bonds is 1. The molecule has 2 rings (SSSR count). The van der Waals surface area contributed by atoms with Crippen molar-refractivity contribution in [3.8, 4) is 0 Å². The Bertz CT molecular complexity index is 386. The van der Waals surface area contributed by atoms with Crippen LogP contribution >= 0.6 is 0 Å². The van der Waals surface area contributed by atoms with Gasteiger partial charge in [-0.05, 0) is 29.9 Å². The first-order valence-corrected chi connectivity index (χ1v) is 5.25. The van der Waals surface area contributed by atoms with Crippen LogP contribution in [-0.2, 0) is 6.18 Å². The molecule has 88 valence electrons. The number of aliphatic hydroxyl groups is 1. The van der Waals surface area contributed by atoms with E-state index in [1.54, 1.807) is 13.0 Å². The van der Waals surface area contributed by atoms with Gasteiger partial charge in [0, 0.05) is 0 Å². The van der Waals surface area contributed by atoms with E-state index in [1.807, 2.05) is 0 Å². The van der Waals surface area contributed by atoms with E-state index in [0.29, 0.717) is 12.0 Å². The van der Waals surface area contributed by atoms with Crippen molar-refractivity contribution in [1.29, 1.82) is 0 Å². The van der Waals surface area contributed by atoms with Crippen molar-refractivity contribution >= 4 is 0 Å². The Morgan fingerprint density at radius 2 is 1.88 bits per heavy atom. The largest absolute Gasteiger partial charge is 0.416 e. The van der Waals surface area contributed by atoms with Gasteiger partial charge in [0.2, 0.25) is 0 Å². The van der Waals surface area contributed by atoms with Crippen molar-refractivity contribution in [1.82, 2.24) is 0 Å². The van der Waals surface area contributed by atoms with Crippen LogP contribution in [0.5, 0.6) is 0 Å². The van der Waals surface area contributed by atoms with Crippen molar-refractivity contribution < 1.29 is 18.3 Å². The third-order valence-corrected chi connectivity index (χ3v) is 3.40. The van der Waals surface area contributed by atoms with E-state index in [9.17, 15) is 18.3 Å². The minimum absolute atomic E-state index is 0.0940. The predicted molar refractivity (Wildman–Crippen MR) is 54.0 cm³/mol. The lowest BCUT2D eigenvalue weighted by Gasteiger charge is -2.40. The number of halogens is 3. The van der Waals surface area contributed by atoms with Crippen molar-refractivity contribution in [2.24, 2.45) is 5.92 Å². The zero-order chi connectivity index (χ0) is 11.9. The van der Waals surface area contributed by atoms with E-state index in [1.165, 1.54) is 12.1 Å². The Morgan fingerprint density at radius 3 is 2.38 bits per heavy atom. The van der Waals surface area contributed by atoms with Crippen LogP contribution in [0.3, 0.4) is 0 Å². The quantitative estimate of drug-likeness (QED) is 0.785. The van der Waals surface area contributed by atoms with Crippen molar-refractivity contribution in [2.45, 2.75) is 31.5 Å². The normalized spacial score (nSPS) is 29.9. The Morgan fingerprint density at radius 1 is 1.25 bits per heavy atom. The van der Waals surface area contributed by atoms with Gasteiger partial charge in [0.25, 0.3) is 0 Å². The van der Waals surface area contributed by atoms with Crippen LogP contribution in [0.4, 0.5) is 13.2 Å². The summed E-state index contributed by atoms with van der Waals surface area (Å²) >= 11 is 0. The summed E-state index contributed by atoms with van der Waals surface area (Å²) in [5.41, 5.74) is -0.258. The number of benzene rings is 1. The van der Waals surface area contributed by atoms with E-state index >= 15 is 0 Å². The molecule has 0 bridgehead atoms. The fourth-order valence-corrected chi connectivity index (χ4v) is 2.25. The minimum Gasteiger partial charge on any atom is -0.393 e. The molecule has 0 aliphatic heterocycles. The molecule has 4 heteroatoms. The summed E-state index contributed by atoms with van der Waals surface area (Å²) in [6, 6.07) is 5.62.